The van der Waals surface area contributed by atoms with Crippen molar-refractivity contribution in [1.29, 1.82) is 0 Å². The number of ketones is 1. The van der Waals surface area contributed by atoms with E-state index in [1.165, 1.54) is 7.11 Å². The van der Waals surface area contributed by atoms with Gasteiger partial charge >= 0.3 is 0 Å². The maximum atomic E-state index is 12.3. The third kappa shape index (κ3) is 2.61. The fourth-order valence-corrected chi connectivity index (χ4v) is 1.73. The van der Waals surface area contributed by atoms with Gasteiger partial charge < -0.3 is 19.6 Å². The summed E-state index contributed by atoms with van der Waals surface area (Å²) in [4.78, 5) is 12.3. The van der Waals surface area contributed by atoms with E-state index in [2.05, 4.69) is 0 Å². The molecule has 0 bridgehead atoms. The third-order valence-electron chi connectivity index (χ3n) is 2.74. The molecule has 0 aliphatic rings. The van der Waals surface area contributed by atoms with E-state index >= 15 is 0 Å². The summed E-state index contributed by atoms with van der Waals surface area (Å²) in [6, 6.07) is 8.28. The predicted molar refractivity (Wildman–Crippen MR) is 69.6 cm³/mol. The molecule has 1 aromatic carbocycles. The van der Waals surface area contributed by atoms with Crippen molar-refractivity contribution in [3.8, 4) is 11.5 Å². The maximum Gasteiger partial charge on any atom is 0.231 e. The number of carbonyl (C=O) groups excluding carboxylic acids is 1. The van der Waals surface area contributed by atoms with Crippen LogP contribution in [0.4, 0.5) is 0 Å². The van der Waals surface area contributed by atoms with Crippen molar-refractivity contribution < 1.29 is 18.7 Å². The van der Waals surface area contributed by atoms with Crippen LogP contribution in [0.25, 0.3) is 0 Å². The number of hydrogen-bond donors (Lipinski definition) is 1. The summed E-state index contributed by atoms with van der Waals surface area (Å²) in [5.41, 5.74) is 5.87. The number of hydrogen-bond acceptors (Lipinski definition) is 5. The van der Waals surface area contributed by atoms with Gasteiger partial charge in [0.2, 0.25) is 5.78 Å². The fraction of sp³-hybridized carbons (Fsp3) is 0.214. The van der Waals surface area contributed by atoms with Crippen molar-refractivity contribution in [1.82, 2.24) is 0 Å². The van der Waals surface area contributed by atoms with E-state index in [0.717, 1.165) is 0 Å². The summed E-state index contributed by atoms with van der Waals surface area (Å²) < 4.78 is 15.6. The minimum absolute atomic E-state index is 0.240. The third-order valence-corrected chi connectivity index (χ3v) is 2.74. The first-order chi connectivity index (χ1) is 9.19. The first kappa shape index (κ1) is 13.2. The smallest absolute Gasteiger partial charge is 0.231 e. The molecule has 0 unspecified atom stereocenters. The fourth-order valence-electron chi connectivity index (χ4n) is 1.73. The van der Waals surface area contributed by atoms with E-state index in [0.29, 0.717) is 22.8 Å². The average molecular weight is 261 g/mol. The molecule has 19 heavy (non-hydrogen) atoms. The van der Waals surface area contributed by atoms with Gasteiger partial charge in [-0.1, -0.05) is 0 Å². The van der Waals surface area contributed by atoms with Crippen molar-refractivity contribution in [2.24, 2.45) is 5.73 Å². The van der Waals surface area contributed by atoms with Gasteiger partial charge in [0.25, 0.3) is 0 Å². The molecular weight excluding hydrogens is 246 g/mol. The molecule has 1 heterocycles. The van der Waals surface area contributed by atoms with Crippen LogP contribution in [0.5, 0.6) is 11.5 Å². The summed E-state index contributed by atoms with van der Waals surface area (Å²) in [5, 5.41) is 0. The quantitative estimate of drug-likeness (QED) is 0.833. The number of rotatable bonds is 5. The topological polar surface area (TPSA) is 74.7 Å². The summed E-state index contributed by atoms with van der Waals surface area (Å²) in [6.45, 7) is 0.257. The minimum atomic E-state index is -0.251. The molecule has 0 spiro atoms. The Kier molecular flexibility index (Phi) is 3.87. The van der Waals surface area contributed by atoms with Crippen molar-refractivity contribution >= 4 is 5.78 Å². The molecule has 2 aromatic rings. The van der Waals surface area contributed by atoms with Gasteiger partial charge in [-0.15, -0.1) is 0 Å². The van der Waals surface area contributed by atoms with Gasteiger partial charge in [0.05, 0.1) is 26.3 Å². The van der Waals surface area contributed by atoms with Gasteiger partial charge in [-0.2, -0.15) is 0 Å². The molecule has 0 aliphatic heterocycles. The number of nitrogens with two attached hydrogens (primary N) is 1. The first-order valence-corrected chi connectivity index (χ1v) is 5.75. The van der Waals surface area contributed by atoms with Crippen molar-refractivity contribution in [2.75, 3.05) is 14.2 Å². The Balaban J connectivity index is 2.37. The minimum Gasteiger partial charge on any atom is -0.497 e. The molecule has 100 valence electrons. The van der Waals surface area contributed by atoms with Crippen LogP contribution in [0.1, 0.15) is 21.9 Å². The highest BCUT2D eigenvalue weighted by atomic mass is 16.5. The van der Waals surface area contributed by atoms with Crippen LogP contribution in [0.3, 0.4) is 0 Å². The van der Waals surface area contributed by atoms with Crippen LogP contribution in [-0.4, -0.2) is 20.0 Å². The Morgan fingerprint density at radius 1 is 1.21 bits per heavy atom. The van der Waals surface area contributed by atoms with Crippen LogP contribution in [-0.2, 0) is 6.54 Å². The second kappa shape index (κ2) is 5.58. The Morgan fingerprint density at radius 2 is 2.00 bits per heavy atom. The van der Waals surface area contributed by atoms with Gasteiger partial charge in [-0.25, -0.2) is 0 Å². The summed E-state index contributed by atoms with van der Waals surface area (Å²) in [7, 11) is 3.05. The van der Waals surface area contributed by atoms with Crippen LogP contribution in [0, 0.1) is 0 Å². The molecule has 0 saturated carbocycles. The second-order valence-electron chi connectivity index (χ2n) is 3.87. The van der Waals surface area contributed by atoms with Gasteiger partial charge in [-0.3, -0.25) is 4.79 Å². The normalized spacial score (nSPS) is 10.3. The SMILES string of the molecule is COc1ccc(C(=O)c2ccc(CN)o2)c(OC)c1. The highest BCUT2D eigenvalue weighted by Crippen LogP contribution is 2.27. The van der Waals surface area contributed by atoms with E-state index in [-0.39, 0.29) is 18.1 Å². The molecule has 0 radical (unpaired) electrons. The molecular formula is C14H15NO4. The zero-order valence-electron chi connectivity index (χ0n) is 10.8. The highest BCUT2D eigenvalue weighted by Gasteiger charge is 2.18. The zero-order valence-corrected chi connectivity index (χ0v) is 10.8. The molecule has 2 N–H and O–H groups in total. The number of furan rings is 1. The molecule has 2 rings (SSSR count). The lowest BCUT2D eigenvalue weighted by Gasteiger charge is -2.08. The number of carbonyl (C=O) groups is 1. The van der Waals surface area contributed by atoms with Gasteiger partial charge in [0.1, 0.15) is 17.3 Å². The Bertz CT molecular complexity index is 589. The lowest BCUT2D eigenvalue weighted by Crippen LogP contribution is -2.03. The van der Waals surface area contributed by atoms with Crippen molar-refractivity contribution in [3.05, 3.63) is 47.4 Å². The molecule has 0 amide bonds. The largest absolute Gasteiger partial charge is 0.497 e. The van der Waals surface area contributed by atoms with Crippen LogP contribution >= 0.6 is 0 Å². The summed E-state index contributed by atoms with van der Waals surface area (Å²) in [5.74, 6) is 1.62. The van der Waals surface area contributed by atoms with E-state index in [4.69, 9.17) is 19.6 Å². The molecule has 5 nitrogen and oxygen atoms in total. The average Bonchev–Trinajstić information content (AvgIpc) is 2.94. The number of methoxy groups -OCH3 is 2. The van der Waals surface area contributed by atoms with Crippen LogP contribution < -0.4 is 15.2 Å². The highest BCUT2D eigenvalue weighted by molar-refractivity contribution is 6.09. The molecule has 0 saturated heterocycles. The molecule has 0 atom stereocenters. The lowest BCUT2D eigenvalue weighted by molar-refractivity contribution is 0.100. The van der Waals surface area contributed by atoms with E-state index in [1.54, 1.807) is 37.4 Å². The standard InChI is InChI=1S/C14H15NO4/c1-17-9-3-5-11(13(7-9)18-2)14(16)12-6-4-10(8-15)19-12/h3-7H,8,15H2,1-2H3. The summed E-state index contributed by atoms with van der Waals surface area (Å²) in [6.07, 6.45) is 0. The molecule has 5 heteroatoms. The van der Waals surface area contributed by atoms with Crippen LogP contribution in [0.15, 0.2) is 34.7 Å². The maximum absolute atomic E-state index is 12.3. The Labute approximate surface area is 110 Å². The van der Waals surface area contributed by atoms with Gasteiger partial charge in [0, 0.05) is 6.07 Å². The van der Waals surface area contributed by atoms with Crippen molar-refractivity contribution in [3.63, 3.8) is 0 Å². The van der Waals surface area contributed by atoms with Gasteiger partial charge in [-0.05, 0) is 24.3 Å². The monoisotopic (exact) mass is 261 g/mol. The van der Waals surface area contributed by atoms with Crippen molar-refractivity contribution in [2.45, 2.75) is 6.54 Å². The molecule has 1 aromatic heterocycles. The predicted octanol–water partition coefficient (Wildman–Crippen LogP) is 1.99. The van der Waals surface area contributed by atoms with E-state index in [1.807, 2.05) is 0 Å². The van der Waals surface area contributed by atoms with E-state index < -0.39 is 0 Å². The van der Waals surface area contributed by atoms with E-state index in [9.17, 15) is 4.79 Å². The molecule has 0 aliphatic carbocycles. The Morgan fingerprint density at radius 3 is 2.58 bits per heavy atom. The number of ether oxygens (including phenoxy) is 2. The Hall–Kier alpha value is -2.27. The number of benzene rings is 1. The zero-order chi connectivity index (χ0) is 13.8. The first-order valence-electron chi connectivity index (χ1n) is 5.75. The molecule has 0 fully saturated rings. The van der Waals surface area contributed by atoms with Gasteiger partial charge in [0.15, 0.2) is 5.76 Å². The summed E-state index contributed by atoms with van der Waals surface area (Å²) >= 11 is 0. The second-order valence-corrected chi connectivity index (χ2v) is 3.87. The lowest BCUT2D eigenvalue weighted by atomic mass is 10.1. The van der Waals surface area contributed by atoms with Crippen LogP contribution in [0.2, 0.25) is 0 Å².